The average molecular weight is 586 g/mol. The van der Waals surface area contributed by atoms with Crippen molar-refractivity contribution >= 4 is 15.0 Å². The van der Waals surface area contributed by atoms with Crippen LogP contribution in [-0.4, -0.2) is 15.0 Å². The van der Waals surface area contributed by atoms with Gasteiger partial charge in [0.1, 0.15) is 0 Å². The van der Waals surface area contributed by atoms with E-state index in [0.29, 0.717) is 0 Å². The Morgan fingerprint density at radius 3 is 0.568 bits per heavy atom. The summed E-state index contributed by atoms with van der Waals surface area (Å²) < 4.78 is 0. The number of unbranched alkanes of at least 4 members (excludes halogenated alkanes) is 30. The molecule has 0 aliphatic heterocycles. The molecule has 0 aliphatic rings. The summed E-state index contributed by atoms with van der Waals surface area (Å²) in [5.74, 6) is 0. The minimum absolute atomic E-state index is 0.950. The van der Waals surface area contributed by atoms with Crippen molar-refractivity contribution in [2.24, 2.45) is 0 Å². The van der Waals surface area contributed by atoms with E-state index in [0.717, 1.165) is 15.0 Å². The molecule has 0 atom stereocenters. The number of hydrogen-bond acceptors (Lipinski definition) is 0. The molecule has 0 radical (unpaired) electrons. The fraction of sp³-hybridized carbons (Fsp3) is 1.00. The van der Waals surface area contributed by atoms with Gasteiger partial charge in [0.15, 0.2) is 0 Å². The van der Waals surface area contributed by atoms with E-state index in [2.05, 4.69) is 13.8 Å². The summed E-state index contributed by atoms with van der Waals surface area (Å²) in [7, 11) is 0. The Bertz CT molecular complexity index is 332. The van der Waals surface area contributed by atoms with Gasteiger partial charge in [-0.3, -0.25) is 0 Å². The summed E-state index contributed by atoms with van der Waals surface area (Å²) in [6.07, 6.45) is 47.6. The molecule has 0 spiro atoms. The smallest absolute Gasteiger partial charge is 0.0654 e. The molecule has 0 saturated carbocycles. The summed E-state index contributed by atoms with van der Waals surface area (Å²) in [6, 6.07) is 0. The minimum Gasteiger partial charge on any atom is -0.0654 e. The van der Waals surface area contributed by atoms with Gasteiger partial charge < -0.3 is 0 Å². The summed E-state index contributed by atoms with van der Waals surface area (Å²) in [5, 5.41) is 3.12. The predicted octanol–water partition coefficient (Wildman–Crippen LogP) is 14.1. The van der Waals surface area contributed by atoms with Crippen LogP contribution < -0.4 is 0 Å². The first-order valence-corrected chi connectivity index (χ1v) is 20.4. The van der Waals surface area contributed by atoms with Crippen molar-refractivity contribution in [3.63, 3.8) is 0 Å². The van der Waals surface area contributed by atoms with Crippen LogP contribution in [0.25, 0.3) is 0 Å². The van der Waals surface area contributed by atoms with Gasteiger partial charge in [-0.1, -0.05) is 78.1 Å². The molecule has 0 bridgehead atoms. The Morgan fingerprint density at radius 1 is 0.216 bits per heavy atom. The van der Waals surface area contributed by atoms with Crippen molar-refractivity contribution in [3.8, 4) is 0 Å². The molecule has 0 aliphatic carbocycles. The van der Waals surface area contributed by atoms with Crippen LogP contribution in [-0.2, 0) is 0 Å². The van der Waals surface area contributed by atoms with E-state index in [-0.39, 0.29) is 0 Å². The average Bonchev–Trinajstić information content (AvgIpc) is 2.91. The van der Waals surface area contributed by atoms with Gasteiger partial charge in [0.25, 0.3) is 0 Å². The van der Waals surface area contributed by atoms with Gasteiger partial charge in [-0.25, -0.2) is 0 Å². The van der Waals surface area contributed by atoms with Gasteiger partial charge in [0.2, 0.25) is 0 Å². The predicted molar refractivity (Wildman–Crippen MR) is 174 cm³/mol. The Hall–Kier alpha value is 0.519. The van der Waals surface area contributed by atoms with Crippen LogP contribution in [0.1, 0.15) is 219 Å². The van der Waals surface area contributed by atoms with Crippen LogP contribution in [0.4, 0.5) is 0 Å². The zero-order valence-corrected chi connectivity index (χ0v) is 28.2. The molecule has 0 unspecified atom stereocenters. The number of hydrogen-bond donors (Lipinski definition) is 0. The van der Waals surface area contributed by atoms with Crippen LogP contribution in [0.3, 0.4) is 0 Å². The number of rotatable bonds is 34. The zero-order valence-electron chi connectivity index (χ0n) is 26.4. The fourth-order valence-electron chi connectivity index (χ4n) is 5.61. The second-order valence-electron chi connectivity index (χ2n) is 12.2. The molecular weight excluding hydrogens is 511 g/mol. The molecule has 0 fully saturated rings. The molecule has 0 saturated heterocycles. The molecular formula is C36H74Se. The minimum atomic E-state index is 0.950. The van der Waals surface area contributed by atoms with Crippen molar-refractivity contribution in [2.45, 2.75) is 230 Å². The van der Waals surface area contributed by atoms with E-state index in [9.17, 15) is 0 Å². The van der Waals surface area contributed by atoms with Crippen molar-refractivity contribution in [1.29, 1.82) is 0 Å². The van der Waals surface area contributed by atoms with Crippen LogP contribution in [0.2, 0.25) is 10.6 Å². The molecule has 0 aromatic heterocycles. The molecule has 0 aromatic carbocycles. The Balaban J connectivity index is 3.00. The molecule has 0 nitrogen and oxygen atoms in total. The van der Waals surface area contributed by atoms with Gasteiger partial charge >= 0.3 is 167 Å². The second-order valence-corrected chi connectivity index (χ2v) is 14.8. The molecule has 0 N–H and O–H groups in total. The van der Waals surface area contributed by atoms with E-state index >= 15 is 0 Å². The van der Waals surface area contributed by atoms with Gasteiger partial charge in [0.05, 0.1) is 0 Å². The Labute approximate surface area is 244 Å². The van der Waals surface area contributed by atoms with Crippen LogP contribution >= 0.6 is 0 Å². The first-order chi connectivity index (χ1) is 18.4. The van der Waals surface area contributed by atoms with Gasteiger partial charge in [-0.2, -0.15) is 0 Å². The van der Waals surface area contributed by atoms with Gasteiger partial charge in [0, 0.05) is 0 Å². The second kappa shape index (κ2) is 36.5. The third-order valence-corrected chi connectivity index (χ3v) is 10.7. The van der Waals surface area contributed by atoms with Crippen molar-refractivity contribution in [2.75, 3.05) is 0 Å². The molecule has 224 valence electrons. The van der Waals surface area contributed by atoms with Crippen molar-refractivity contribution in [3.05, 3.63) is 0 Å². The van der Waals surface area contributed by atoms with Crippen LogP contribution in [0, 0.1) is 0 Å². The quantitative estimate of drug-likeness (QED) is 0.0520. The maximum atomic E-state index is 2.31. The van der Waals surface area contributed by atoms with E-state index in [1.807, 2.05) is 0 Å². The summed E-state index contributed by atoms with van der Waals surface area (Å²) in [6.45, 7) is 4.62. The summed E-state index contributed by atoms with van der Waals surface area (Å²) in [5.41, 5.74) is 0. The van der Waals surface area contributed by atoms with Crippen molar-refractivity contribution < 1.29 is 0 Å². The third-order valence-electron chi connectivity index (χ3n) is 8.28. The Morgan fingerprint density at radius 2 is 0.378 bits per heavy atom. The standard InChI is InChI=1S/C36H74Se/c1-3-5-7-9-11-13-15-17-19-21-23-25-27-29-31-33-35-37-36-34-32-30-28-26-24-22-20-18-16-14-12-10-8-6-4-2/h3-36H2,1-2H3. The molecule has 0 amide bonds. The third kappa shape index (κ3) is 36.5. The van der Waals surface area contributed by atoms with E-state index in [4.69, 9.17) is 0 Å². The van der Waals surface area contributed by atoms with E-state index in [1.165, 1.54) is 205 Å². The molecule has 0 rings (SSSR count). The molecule has 0 heterocycles. The van der Waals surface area contributed by atoms with E-state index < -0.39 is 0 Å². The maximum absolute atomic E-state index is 2.31. The van der Waals surface area contributed by atoms with Crippen LogP contribution in [0.5, 0.6) is 0 Å². The normalized spacial score (nSPS) is 11.5. The summed E-state index contributed by atoms with van der Waals surface area (Å²) >= 11 is 0.950. The van der Waals surface area contributed by atoms with Crippen LogP contribution in [0.15, 0.2) is 0 Å². The van der Waals surface area contributed by atoms with Gasteiger partial charge in [-0.15, -0.1) is 0 Å². The van der Waals surface area contributed by atoms with Crippen molar-refractivity contribution in [1.82, 2.24) is 0 Å². The fourth-order valence-corrected chi connectivity index (χ4v) is 7.75. The van der Waals surface area contributed by atoms with Gasteiger partial charge in [-0.05, 0) is 0 Å². The first-order valence-electron chi connectivity index (χ1n) is 18.0. The summed E-state index contributed by atoms with van der Waals surface area (Å²) in [4.78, 5) is 0. The topological polar surface area (TPSA) is 0 Å². The molecule has 1 heteroatoms. The van der Waals surface area contributed by atoms with E-state index in [1.54, 1.807) is 10.6 Å². The zero-order chi connectivity index (χ0) is 26.7. The molecule has 37 heavy (non-hydrogen) atoms. The Kier molecular flexibility index (Phi) is 37.0. The molecule has 0 aromatic rings. The monoisotopic (exact) mass is 586 g/mol. The first kappa shape index (κ1) is 37.5. The SMILES string of the molecule is CCCCCCCCCCCCCCCCCC[Se]CCCCCCCCCCCCCCCCCC.